The fourth-order valence-electron chi connectivity index (χ4n) is 7.83. The van der Waals surface area contributed by atoms with Crippen molar-refractivity contribution in [2.24, 2.45) is 17.8 Å². The van der Waals surface area contributed by atoms with Crippen LogP contribution in [0.3, 0.4) is 0 Å². The van der Waals surface area contributed by atoms with E-state index in [0.29, 0.717) is 12.3 Å². The van der Waals surface area contributed by atoms with E-state index in [1.165, 1.54) is 19.3 Å². The number of thioether (sulfide) groups is 1. The Morgan fingerprint density at radius 2 is 1.48 bits per heavy atom. The summed E-state index contributed by atoms with van der Waals surface area (Å²) < 4.78 is 12.8. The first-order valence-electron chi connectivity index (χ1n) is 14.8. The van der Waals surface area contributed by atoms with Gasteiger partial charge in [-0.05, 0) is 73.0 Å². The smallest absolute Gasteiger partial charge is 0.315 e. The lowest BCUT2D eigenvalue weighted by molar-refractivity contribution is -0.245. The van der Waals surface area contributed by atoms with Crippen LogP contribution in [0.15, 0.2) is 48.5 Å². The molecule has 0 radical (unpaired) electrons. The minimum Gasteiger partial charge on any atom is -0.396 e. The van der Waals surface area contributed by atoms with Crippen LogP contribution in [0, 0.1) is 17.8 Å². The minimum atomic E-state index is -0.502. The number of aliphatic hydroxyl groups is 2. The third kappa shape index (κ3) is 6.52. The van der Waals surface area contributed by atoms with Crippen molar-refractivity contribution in [3.8, 4) is 0 Å². The zero-order valence-corrected chi connectivity index (χ0v) is 23.9. The van der Waals surface area contributed by atoms with Crippen molar-refractivity contribution in [3.05, 3.63) is 70.8 Å². The second-order valence-corrected chi connectivity index (χ2v) is 13.5. The lowest BCUT2D eigenvalue weighted by Gasteiger charge is -2.56. The van der Waals surface area contributed by atoms with E-state index < -0.39 is 6.29 Å². The zero-order chi connectivity index (χ0) is 27.5. The van der Waals surface area contributed by atoms with Crippen molar-refractivity contribution in [2.75, 3.05) is 18.1 Å². The first-order valence-corrected chi connectivity index (χ1v) is 16.0. The van der Waals surface area contributed by atoms with Gasteiger partial charge in [0.1, 0.15) is 0 Å². The number of carbonyl (C=O) groups excluding carboxylic acids is 1. The highest BCUT2D eigenvalue weighted by Gasteiger charge is 2.51. The van der Waals surface area contributed by atoms with Gasteiger partial charge in [0.05, 0.1) is 25.4 Å². The molecule has 1 aliphatic heterocycles. The Morgan fingerprint density at radius 3 is 2.10 bits per heavy atom. The Morgan fingerprint density at radius 1 is 0.850 bits per heavy atom. The molecule has 7 rings (SSSR count). The first-order chi connectivity index (χ1) is 19.5. The van der Waals surface area contributed by atoms with Crippen LogP contribution < -0.4 is 10.6 Å². The molecule has 1 heterocycles. The van der Waals surface area contributed by atoms with E-state index in [4.69, 9.17) is 9.47 Å². The molecule has 40 heavy (non-hydrogen) atoms. The molecule has 2 aromatic rings. The molecular weight excluding hydrogens is 524 g/mol. The number of hydrogen-bond donors (Lipinski definition) is 4. The molecule has 0 aromatic heterocycles. The Labute approximate surface area is 241 Å². The van der Waals surface area contributed by atoms with E-state index in [-0.39, 0.29) is 37.0 Å². The van der Waals surface area contributed by atoms with Gasteiger partial charge in [-0.15, -0.1) is 0 Å². The van der Waals surface area contributed by atoms with Gasteiger partial charge in [0, 0.05) is 35.6 Å². The predicted octanol–water partition coefficient (Wildman–Crippen LogP) is 5.22. The van der Waals surface area contributed by atoms with E-state index in [9.17, 15) is 15.0 Å². The predicted molar refractivity (Wildman–Crippen MR) is 156 cm³/mol. The number of benzene rings is 2. The van der Waals surface area contributed by atoms with E-state index >= 15 is 0 Å². The fourth-order valence-corrected chi connectivity index (χ4v) is 8.60. The molecule has 8 heteroatoms. The van der Waals surface area contributed by atoms with Gasteiger partial charge < -0.3 is 30.3 Å². The number of aliphatic hydroxyl groups excluding tert-OH is 2. The van der Waals surface area contributed by atoms with Gasteiger partial charge in [0.15, 0.2) is 6.29 Å². The second kappa shape index (κ2) is 12.4. The van der Waals surface area contributed by atoms with Gasteiger partial charge in [0.2, 0.25) is 0 Å². The molecule has 0 spiro atoms. The van der Waals surface area contributed by atoms with Crippen molar-refractivity contribution in [3.63, 3.8) is 0 Å². The van der Waals surface area contributed by atoms with Gasteiger partial charge in [-0.3, -0.25) is 0 Å². The molecule has 2 amide bonds. The average molecular weight is 567 g/mol. The molecule has 4 aliphatic carbocycles. The number of ether oxygens (including phenoxy) is 2. The summed E-state index contributed by atoms with van der Waals surface area (Å²) in [4.78, 5) is 12.9. The number of carbonyl (C=O) groups is 1. The topological polar surface area (TPSA) is 100 Å². The Bertz CT molecular complexity index is 1110. The lowest BCUT2D eigenvalue weighted by atomic mass is 9.53. The van der Waals surface area contributed by atoms with Gasteiger partial charge >= 0.3 is 6.03 Å². The van der Waals surface area contributed by atoms with Crippen LogP contribution in [0.5, 0.6) is 0 Å². The van der Waals surface area contributed by atoms with E-state index in [2.05, 4.69) is 10.6 Å². The summed E-state index contributed by atoms with van der Waals surface area (Å²) in [7, 11) is 0. The SMILES string of the molecule is O=C(NCc1ccc([C@@H]2O[C@H](CSCCO)C[C@H](c3ccc(CO)cc3)O2)cc1)NC12CC3CC(CC(C3)C1)C2. The monoisotopic (exact) mass is 566 g/mol. The standard InChI is InChI=1S/C32H42N2O5S/c35-9-10-40-20-28-14-29(26-5-3-22(19-36)4-6-26)39-30(38-28)27-7-1-21(2-8-27)18-33-31(37)34-32-15-23-11-24(16-32)13-25(12-23)17-32/h1-8,23-25,28-30,35-36H,9-20H2,(H2,33,34,37)/t23?,24?,25?,28-,29+,30+,32?/m0/s1. The van der Waals surface area contributed by atoms with E-state index in [1.807, 2.05) is 48.5 Å². The maximum Gasteiger partial charge on any atom is 0.315 e. The largest absolute Gasteiger partial charge is 0.396 e. The average Bonchev–Trinajstić information content (AvgIpc) is 2.95. The van der Waals surface area contributed by atoms with E-state index in [0.717, 1.165) is 71.4 Å². The first kappa shape index (κ1) is 28.0. The second-order valence-electron chi connectivity index (χ2n) is 12.4. The Hall–Kier alpha value is -2.10. The summed E-state index contributed by atoms with van der Waals surface area (Å²) in [6.07, 6.45) is 7.63. The summed E-state index contributed by atoms with van der Waals surface area (Å²) >= 11 is 1.68. The molecule has 4 bridgehead atoms. The highest BCUT2D eigenvalue weighted by Crippen LogP contribution is 2.55. The Balaban J connectivity index is 1.06. The molecule has 7 nitrogen and oxygen atoms in total. The van der Waals surface area contributed by atoms with Crippen LogP contribution in [-0.4, -0.2) is 46.0 Å². The summed E-state index contributed by atoms with van der Waals surface area (Å²) in [5.74, 6) is 3.87. The van der Waals surface area contributed by atoms with Crippen molar-refractivity contribution < 1.29 is 24.5 Å². The van der Waals surface area contributed by atoms with Gasteiger partial charge in [-0.25, -0.2) is 4.79 Å². The Kier molecular flexibility index (Phi) is 8.70. The molecular formula is C32H42N2O5S. The number of amides is 2. The molecule has 5 fully saturated rings. The molecule has 4 N–H and O–H groups in total. The zero-order valence-electron chi connectivity index (χ0n) is 23.1. The van der Waals surface area contributed by atoms with Gasteiger partial charge in [-0.1, -0.05) is 48.5 Å². The molecule has 2 aromatic carbocycles. The van der Waals surface area contributed by atoms with Crippen molar-refractivity contribution in [1.82, 2.24) is 10.6 Å². The number of rotatable bonds is 10. The summed E-state index contributed by atoms with van der Waals surface area (Å²) in [6, 6.07) is 15.9. The van der Waals surface area contributed by atoms with Crippen molar-refractivity contribution in [2.45, 2.75) is 82.1 Å². The maximum absolute atomic E-state index is 12.9. The molecule has 216 valence electrons. The molecule has 1 saturated heterocycles. The minimum absolute atomic E-state index is 0.00700. The number of urea groups is 1. The highest BCUT2D eigenvalue weighted by molar-refractivity contribution is 7.99. The van der Waals surface area contributed by atoms with Crippen molar-refractivity contribution in [1.29, 1.82) is 0 Å². The molecule has 4 saturated carbocycles. The molecule has 5 aliphatic rings. The van der Waals surface area contributed by atoms with Crippen LogP contribution in [-0.2, 0) is 22.6 Å². The normalized spacial score (nSPS) is 32.6. The number of nitrogens with one attached hydrogen (secondary N) is 2. The molecule has 3 atom stereocenters. The van der Waals surface area contributed by atoms with Crippen LogP contribution >= 0.6 is 11.8 Å². The van der Waals surface area contributed by atoms with Crippen LogP contribution in [0.2, 0.25) is 0 Å². The third-order valence-electron chi connectivity index (χ3n) is 9.28. The quantitative estimate of drug-likeness (QED) is 0.295. The summed E-state index contributed by atoms with van der Waals surface area (Å²) in [6.45, 7) is 0.646. The van der Waals surface area contributed by atoms with E-state index in [1.54, 1.807) is 11.8 Å². The van der Waals surface area contributed by atoms with Crippen LogP contribution in [0.1, 0.15) is 79.6 Å². The summed E-state index contributed by atoms with van der Waals surface area (Å²) in [5.41, 5.74) is 3.92. The van der Waals surface area contributed by atoms with Crippen LogP contribution in [0.25, 0.3) is 0 Å². The molecule has 0 unspecified atom stereocenters. The maximum atomic E-state index is 12.9. The van der Waals surface area contributed by atoms with Gasteiger partial charge in [-0.2, -0.15) is 11.8 Å². The number of hydrogen-bond acceptors (Lipinski definition) is 6. The highest BCUT2D eigenvalue weighted by atomic mass is 32.2. The van der Waals surface area contributed by atoms with Crippen LogP contribution in [0.4, 0.5) is 4.79 Å². The van der Waals surface area contributed by atoms with Crippen molar-refractivity contribution >= 4 is 17.8 Å². The lowest BCUT2D eigenvalue weighted by Crippen LogP contribution is -2.61. The van der Waals surface area contributed by atoms with Gasteiger partial charge in [0.25, 0.3) is 0 Å². The summed E-state index contributed by atoms with van der Waals surface area (Å²) in [5, 5.41) is 25.1. The third-order valence-corrected chi connectivity index (χ3v) is 10.4. The fraction of sp³-hybridized carbons (Fsp3) is 0.594.